The molecular formula is C31H40F3N5O4. The van der Waals surface area contributed by atoms with Crippen molar-refractivity contribution in [1.82, 2.24) is 25.1 Å². The van der Waals surface area contributed by atoms with Crippen LogP contribution in [0.2, 0.25) is 0 Å². The molecule has 1 aliphatic rings. The lowest BCUT2D eigenvalue weighted by Gasteiger charge is -2.43. The van der Waals surface area contributed by atoms with Gasteiger partial charge in [-0.15, -0.1) is 0 Å². The minimum Gasteiger partial charge on any atom is -0.508 e. The summed E-state index contributed by atoms with van der Waals surface area (Å²) in [6.07, 6.45) is 0.568. The van der Waals surface area contributed by atoms with Gasteiger partial charge < -0.3 is 35.4 Å². The van der Waals surface area contributed by atoms with Crippen molar-refractivity contribution in [3.63, 3.8) is 0 Å². The third-order valence-electron chi connectivity index (χ3n) is 7.92. The lowest BCUT2D eigenvalue weighted by atomic mass is 9.79. The zero-order valence-electron chi connectivity index (χ0n) is 24.6. The number of imidazole rings is 1. The van der Waals surface area contributed by atoms with Crippen molar-refractivity contribution < 1.29 is 33.3 Å². The van der Waals surface area contributed by atoms with Crippen LogP contribution in [0.15, 0.2) is 48.7 Å². The first-order valence-electron chi connectivity index (χ1n) is 14.4. The number of aliphatic hydroxyl groups excluding tert-OH is 2. The minimum absolute atomic E-state index is 0.0136. The van der Waals surface area contributed by atoms with Gasteiger partial charge in [0.25, 0.3) is 0 Å². The van der Waals surface area contributed by atoms with Crippen LogP contribution in [-0.4, -0.2) is 80.9 Å². The molecule has 0 radical (unpaired) electrons. The van der Waals surface area contributed by atoms with Crippen molar-refractivity contribution in [2.24, 2.45) is 11.3 Å². The first kappa shape index (κ1) is 32.3. The van der Waals surface area contributed by atoms with Crippen LogP contribution >= 0.6 is 0 Å². The number of halogens is 3. The van der Waals surface area contributed by atoms with E-state index in [0.717, 1.165) is 18.2 Å². The second-order valence-electron chi connectivity index (χ2n) is 11.9. The van der Waals surface area contributed by atoms with Gasteiger partial charge in [0, 0.05) is 50.5 Å². The number of aromatic hydroxyl groups is 1. The van der Waals surface area contributed by atoms with Crippen LogP contribution in [0, 0.1) is 23.0 Å². The van der Waals surface area contributed by atoms with Gasteiger partial charge in [-0.25, -0.2) is 22.9 Å². The fourth-order valence-electron chi connectivity index (χ4n) is 5.56. The number of benzene rings is 2. The summed E-state index contributed by atoms with van der Waals surface area (Å²) in [6, 6.07) is 7.54. The number of aliphatic hydroxyl groups is 2. The molecule has 1 aliphatic heterocycles. The number of nitrogens with zero attached hydrogens (tertiary/aromatic N) is 3. The molecule has 2 amide bonds. The Morgan fingerprint density at radius 3 is 2.63 bits per heavy atom. The van der Waals surface area contributed by atoms with Crippen LogP contribution in [0.1, 0.15) is 44.6 Å². The molecule has 4 rings (SSSR count). The first-order chi connectivity index (χ1) is 20.4. The van der Waals surface area contributed by atoms with Gasteiger partial charge >= 0.3 is 6.03 Å². The topological polar surface area (TPSA) is 123 Å². The van der Waals surface area contributed by atoms with Gasteiger partial charge in [0.15, 0.2) is 0 Å². The highest BCUT2D eigenvalue weighted by atomic mass is 19.1. The molecular weight excluding hydrogens is 563 g/mol. The van der Waals surface area contributed by atoms with E-state index in [-0.39, 0.29) is 56.3 Å². The monoisotopic (exact) mass is 603 g/mol. The molecule has 1 saturated heterocycles. The maximum atomic E-state index is 15.0. The van der Waals surface area contributed by atoms with Gasteiger partial charge in [-0.3, -0.25) is 0 Å². The fourth-order valence-corrected chi connectivity index (χ4v) is 5.56. The van der Waals surface area contributed by atoms with Gasteiger partial charge in [-0.1, -0.05) is 26.0 Å². The molecule has 0 aliphatic carbocycles. The summed E-state index contributed by atoms with van der Waals surface area (Å²) in [5, 5.41) is 35.6. The Kier molecular flexibility index (Phi) is 10.4. The number of hydrogen-bond donors (Lipinski definition) is 5. The van der Waals surface area contributed by atoms with Crippen molar-refractivity contribution in [3.05, 3.63) is 71.7 Å². The second-order valence-corrected chi connectivity index (χ2v) is 11.9. The van der Waals surface area contributed by atoms with Gasteiger partial charge in [-0.2, -0.15) is 0 Å². The largest absolute Gasteiger partial charge is 0.508 e. The highest BCUT2D eigenvalue weighted by Gasteiger charge is 2.43. The molecule has 0 saturated carbocycles. The van der Waals surface area contributed by atoms with Crippen LogP contribution in [0.4, 0.5) is 18.0 Å². The Morgan fingerprint density at radius 2 is 1.98 bits per heavy atom. The van der Waals surface area contributed by atoms with Crippen molar-refractivity contribution >= 4 is 6.03 Å². The van der Waals surface area contributed by atoms with E-state index in [1.165, 1.54) is 11.0 Å². The molecule has 1 aromatic heterocycles. The Labute approximate surface area is 249 Å². The number of hydrogen-bond acceptors (Lipinski definition) is 6. The number of carbonyl (C=O) groups excluding carboxylic acids is 1. The summed E-state index contributed by atoms with van der Waals surface area (Å²) in [4.78, 5) is 20.1. The van der Waals surface area contributed by atoms with Crippen molar-refractivity contribution in [3.8, 4) is 17.0 Å². The number of amides is 2. The predicted octanol–water partition coefficient (Wildman–Crippen LogP) is 3.98. The van der Waals surface area contributed by atoms with E-state index in [9.17, 15) is 33.3 Å². The summed E-state index contributed by atoms with van der Waals surface area (Å²) < 4.78 is 45.9. The van der Waals surface area contributed by atoms with E-state index >= 15 is 0 Å². The van der Waals surface area contributed by atoms with E-state index in [4.69, 9.17) is 4.98 Å². The van der Waals surface area contributed by atoms with Crippen molar-refractivity contribution in [2.45, 2.75) is 52.0 Å². The molecule has 4 atom stereocenters. The number of alkyl halides is 1. The highest BCUT2D eigenvalue weighted by Crippen LogP contribution is 2.42. The predicted molar refractivity (Wildman–Crippen MR) is 156 cm³/mol. The molecule has 3 aromatic rings. The molecule has 43 heavy (non-hydrogen) atoms. The number of aromatic nitrogens is 2. The molecule has 234 valence electrons. The highest BCUT2D eigenvalue weighted by molar-refractivity contribution is 5.75. The van der Waals surface area contributed by atoms with Crippen LogP contribution in [0.3, 0.4) is 0 Å². The SMILES string of the molecule is C[C@@H](CO)NC(=O)N(C[C@@H]1CNC[C@@H]1F)[C@@H](c1nc(-c2cc(F)ccc2F)cn1Cc1cccc(O)c1)C(C)(C)CCO. The fraction of sp³-hybridized carbons (Fsp3) is 0.484. The summed E-state index contributed by atoms with van der Waals surface area (Å²) in [5.74, 6) is -1.55. The molecule has 12 heteroatoms. The number of phenolic OH excluding ortho intramolecular Hbond substituents is 1. The van der Waals surface area contributed by atoms with Gasteiger partial charge in [-0.05, 0) is 54.7 Å². The molecule has 0 spiro atoms. The standard InChI is InChI=1S/C31H40F3N5O4/c1-19(18-41)36-30(43)39(16-21-13-35-14-26(21)34)28(31(2,3)9-10-40)29-37-27(24-12-22(32)7-8-25(24)33)17-38(29)15-20-5-4-6-23(42)11-20/h4-8,11-12,17,19,21,26,28,35,40-42H,9-10,13-16,18H2,1-3H3,(H,36,43)/t19-,21-,26-,28-/m0/s1. The minimum atomic E-state index is -1.21. The summed E-state index contributed by atoms with van der Waals surface area (Å²) in [6.45, 7) is 5.40. The van der Waals surface area contributed by atoms with Gasteiger partial charge in [0.1, 0.15) is 29.4 Å². The Hall–Kier alpha value is -3.61. The van der Waals surface area contributed by atoms with Gasteiger partial charge in [0.05, 0.1) is 24.4 Å². The average Bonchev–Trinajstić information content (AvgIpc) is 3.54. The van der Waals surface area contributed by atoms with E-state index < -0.39 is 47.3 Å². The number of rotatable bonds is 12. The van der Waals surface area contributed by atoms with E-state index in [1.807, 2.05) is 13.8 Å². The molecule has 1 fully saturated rings. The van der Waals surface area contributed by atoms with Crippen molar-refractivity contribution in [1.29, 1.82) is 0 Å². The van der Waals surface area contributed by atoms with E-state index in [1.54, 1.807) is 35.9 Å². The molecule has 2 heterocycles. The van der Waals surface area contributed by atoms with Crippen LogP contribution < -0.4 is 10.6 Å². The maximum Gasteiger partial charge on any atom is 0.318 e. The molecule has 0 bridgehead atoms. The number of urea groups is 1. The normalized spacial score (nSPS) is 18.4. The zero-order chi connectivity index (χ0) is 31.3. The zero-order valence-corrected chi connectivity index (χ0v) is 24.6. The Morgan fingerprint density at radius 1 is 1.21 bits per heavy atom. The average molecular weight is 604 g/mol. The van der Waals surface area contributed by atoms with Gasteiger partial charge in [0.2, 0.25) is 0 Å². The summed E-state index contributed by atoms with van der Waals surface area (Å²) in [7, 11) is 0. The Balaban J connectivity index is 1.92. The maximum absolute atomic E-state index is 15.0. The van der Waals surface area contributed by atoms with Crippen LogP contribution in [-0.2, 0) is 6.54 Å². The lowest BCUT2D eigenvalue weighted by molar-refractivity contribution is 0.0599. The number of carbonyl (C=O) groups is 1. The Bertz CT molecular complexity index is 1400. The van der Waals surface area contributed by atoms with Crippen LogP contribution in [0.25, 0.3) is 11.3 Å². The molecule has 9 nitrogen and oxygen atoms in total. The molecule has 2 aromatic carbocycles. The number of phenols is 1. The van der Waals surface area contributed by atoms with E-state index in [0.29, 0.717) is 17.9 Å². The van der Waals surface area contributed by atoms with E-state index in [2.05, 4.69) is 10.6 Å². The third-order valence-corrected chi connectivity index (χ3v) is 7.92. The first-order valence-corrected chi connectivity index (χ1v) is 14.4. The lowest BCUT2D eigenvalue weighted by Crippen LogP contribution is -2.52. The summed E-state index contributed by atoms with van der Waals surface area (Å²) >= 11 is 0. The van der Waals surface area contributed by atoms with Crippen molar-refractivity contribution in [2.75, 3.05) is 32.8 Å². The second kappa shape index (κ2) is 13.8. The quantitative estimate of drug-likeness (QED) is 0.214. The molecule has 0 unspecified atom stereocenters. The third kappa shape index (κ3) is 7.67. The molecule has 5 N–H and O–H groups in total. The smallest absolute Gasteiger partial charge is 0.318 e. The number of nitrogens with one attached hydrogen (secondary N) is 2. The van der Waals surface area contributed by atoms with Crippen LogP contribution in [0.5, 0.6) is 5.75 Å². The summed E-state index contributed by atoms with van der Waals surface area (Å²) in [5.41, 5.74) is -0.140.